The molecule has 1 N–H and O–H groups in total. The number of hydrogen-bond donors (Lipinski definition) is 1. The summed E-state index contributed by atoms with van der Waals surface area (Å²) in [6.07, 6.45) is 8.53. The monoisotopic (exact) mass is 301 g/mol. The Morgan fingerprint density at radius 1 is 1.45 bits per heavy atom. The van der Waals surface area contributed by atoms with E-state index in [-0.39, 0.29) is 12.0 Å². The molecule has 0 radical (unpaired) electrons. The predicted octanol–water partition coefficient (Wildman–Crippen LogP) is 1.24. The van der Waals surface area contributed by atoms with Crippen LogP contribution in [0.15, 0.2) is 31.0 Å². The summed E-state index contributed by atoms with van der Waals surface area (Å²) >= 11 is 0. The number of pyridine rings is 1. The summed E-state index contributed by atoms with van der Waals surface area (Å²) in [6.45, 7) is 1.31. The van der Waals surface area contributed by atoms with Gasteiger partial charge in [-0.05, 0) is 30.9 Å². The van der Waals surface area contributed by atoms with Crippen molar-refractivity contribution in [2.45, 2.75) is 38.3 Å². The molecule has 7 nitrogen and oxygen atoms in total. The first-order valence-corrected chi connectivity index (χ1v) is 7.49. The molecule has 0 unspecified atom stereocenters. The van der Waals surface area contributed by atoms with Gasteiger partial charge in [0.15, 0.2) is 5.82 Å². The molecule has 7 heteroatoms. The molecule has 1 aliphatic heterocycles. The third-order valence-corrected chi connectivity index (χ3v) is 3.67. The number of carbonyl (C=O) groups is 1. The van der Waals surface area contributed by atoms with Crippen LogP contribution in [0.1, 0.15) is 31.2 Å². The summed E-state index contributed by atoms with van der Waals surface area (Å²) in [5.41, 5.74) is 0.953. The third kappa shape index (κ3) is 3.88. The summed E-state index contributed by atoms with van der Waals surface area (Å²) in [5.74, 6) is 0.752. The summed E-state index contributed by atoms with van der Waals surface area (Å²) in [6, 6.07) is 3.77. The van der Waals surface area contributed by atoms with Crippen LogP contribution in [0, 0.1) is 0 Å². The van der Waals surface area contributed by atoms with Gasteiger partial charge in [0, 0.05) is 25.8 Å². The summed E-state index contributed by atoms with van der Waals surface area (Å²) in [5, 5.41) is 6.92. The number of amides is 1. The molecule has 1 atom stereocenters. The van der Waals surface area contributed by atoms with E-state index in [1.807, 2.05) is 12.1 Å². The van der Waals surface area contributed by atoms with Crippen LogP contribution in [0.3, 0.4) is 0 Å². The molecule has 22 heavy (non-hydrogen) atoms. The lowest BCUT2D eigenvalue weighted by Crippen LogP contribution is -2.24. The highest BCUT2D eigenvalue weighted by Crippen LogP contribution is 2.16. The predicted molar refractivity (Wildman–Crippen MR) is 79.2 cm³/mol. The smallest absolute Gasteiger partial charge is 0.220 e. The number of carbonyl (C=O) groups excluding carboxylic acids is 1. The lowest BCUT2D eigenvalue weighted by Gasteiger charge is -2.09. The van der Waals surface area contributed by atoms with E-state index in [1.54, 1.807) is 17.2 Å². The van der Waals surface area contributed by atoms with E-state index in [4.69, 9.17) is 4.74 Å². The van der Waals surface area contributed by atoms with E-state index >= 15 is 0 Å². The van der Waals surface area contributed by atoms with Crippen molar-refractivity contribution >= 4 is 5.91 Å². The van der Waals surface area contributed by atoms with E-state index in [0.29, 0.717) is 18.8 Å². The van der Waals surface area contributed by atoms with E-state index in [2.05, 4.69) is 20.4 Å². The molecular weight excluding hydrogens is 282 g/mol. The van der Waals surface area contributed by atoms with Crippen LogP contribution in [0.2, 0.25) is 0 Å². The fourth-order valence-corrected chi connectivity index (χ4v) is 2.44. The van der Waals surface area contributed by atoms with Crippen molar-refractivity contribution in [2.75, 3.05) is 6.61 Å². The fraction of sp³-hybridized carbons (Fsp3) is 0.467. The van der Waals surface area contributed by atoms with Gasteiger partial charge in [-0.1, -0.05) is 6.07 Å². The summed E-state index contributed by atoms with van der Waals surface area (Å²) < 4.78 is 7.10. The van der Waals surface area contributed by atoms with Crippen molar-refractivity contribution in [3.63, 3.8) is 0 Å². The zero-order chi connectivity index (χ0) is 15.2. The second-order valence-corrected chi connectivity index (χ2v) is 5.32. The molecule has 1 amide bonds. The molecule has 1 saturated heterocycles. The first kappa shape index (κ1) is 14.6. The average molecular weight is 301 g/mol. The molecule has 3 rings (SSSR count). The van der Waals surface area contributed by atoms with Gasteiger partial charge in [0.2, 0.25) is 5.91 Å². The Balaban J connectivity index is 1.43. The van der Waals surface area contributed by atoms with E-state index in [9.17, 15) is 4.79 Å². The molecule has 2 aromatic rings. The first-order chi connectivity index (χ1) is 10.8. The zero-order valence-corrected chi connectivity index (χ0v) is 12.3. The molecule has 0 saturated carbocycles. The van der Waals surface area contributed by atoms with Gasteiger partial charge < -0.3 is 10.1 Å². The lowest BCUT2D eigenvalue weighted by molar-refractivity contribution is -0.121. The number of ether oxygens (including phenoxy) is 1. The number of aromatic nitrogens is 4. The van der Waals surface area contributed by atoms with Crippen LogP contribution in [0.25, 0.3) is 5.82 Å². The molecule has 1 fully saturated rings. The van der Waals surface area contributed by atoms with Crippen LogP contribution in [0.5, 0.6) is 0 Å². The quantitative estimate of drug-likeness (QED) is 0.868. The van der Waals surface area contributed by atoms with Gasteiger partial charge in [-0.25, -0.2) is 14.6 Å². The van der Waals surface area contributed by atoms with Gasteiger partial charge in [-0.15, -0.1) is 0 Å². The van der Waals surface area contributed by atoms with Crippen molar-refractivity contribution < 1.29 is 9.53 Å². The minimum atomic E-state index is 0.0517. The Kier molecular flexibility index (Phi) is 4.75. The molecule has 2 aromatic heterocycles. The Morgan fingerprint density at radius 3 is 3.09 bits per heavy atom. The molecule has 0 aromatic carbocycles. The Bertz CT molecular complexity index is 591. The normalized spacial score (nSPS) is 17.5. The number of rotatable bonds is 6. The minimum Gasteiger partial charge on any atom is -0.378 e. The van der Waals surface area contributed by atoms with Crippen LogP contribution in [-0.4, -0.2) is 38.4 Å². The van der Waals surface area contributed by atoms with Crippen molar-refractivity contribution in [1.82, 2.24) is 25.1 Å². The Hall–Kier alpha value is -2.28. The molecule has 0 aliphatic carbocycles. The molecule has 116 valence electrons. The first-order valence-electron chi connectivity index (χ1n) is 7.49. The fourth-order valence-electron chi connectivity index (χ4n) is 2.44. The number of nitrogens with one attached hydrogen (secondary N) is 1. The Labute approximate surface area is 128 Å². The zero-order valence-electron chi connectivity index (χ0n) is 12.3. The van der Waals surface area contributed by atoms with Crippen molar-refractivity contribution in [1.29, 1.82) is 0 Å². The van der Waals surface area contributed by atoms with Crippen LogP contribution in [-0.2, 0) is 16.1 Å². The maximum Gasteiger partial charge on any atom is 0.220 e. The minimum absolute atomic E-state index is 0.0517. The molecule has 0 spiro atoms. The second kappa shape index (κ2) is 7.13. The van der Waals surface area contributed by atoms with E-state index in [1.165, 1.54) is 6.33 Å². The van der Waals surface area contributed by atoms with Gasteiger partial charge in [-0.3, -0.25) is 4.79 Å². The maximum absolute atomic E-state index is 11.8. The number of nitrogens with zero attached hydrogens (tertiary/aromatic N) is 4. The van der Waals surface area contributed by atoms with Gasteiger partial charge in [0.1, 0.15) is 12.7 Å². The maximum atomic E-state index is 11.8. The Morgan fingerprint density at radius 2 is 2.41 bits per heavy atom. The van der Waals surface area contributed by atoms with Crippen LogP contribution >= 0.6 is 0 Å². The third-order valence-electron chi connectivity index (χ3n) is 3.67. The largest absolute Gasteiger partial charge is 0.378 e. The molecular formula is C15H19N5O2. The summed E-state index contributed by atoms with van der Waals surface area (Å²) in [4.78, 5) is 20.0. The van der Waals surface area contributed by atoms with Gasteiger partial charge in [0.05, 0.1) is 6.10 Å². The van der Waals surface area contributed by atoms with Crippen molar-refractivity contribution in [3.8, 4) is 5.82 Å². The van der Waals surface area contributed by atoms with Gasteiger partial charge in [-0.2, -0.15) is 5.10 Å². The van der Waals surface area contributed by atoms with Crippen LogP contribution in [0.4, 0.5) is 0 Å². The topological polar surface area (TPSA) is 81.9 Å². The highest BCUT2D eigenvalue weighted by Gasteiger charge is 2.16. The number of hydrogen-bond acceptors (Lipinski definition) is 5. The molecule has 1 aliphatic rings. The highest BCUT2D eigenvalue weighted by atomic mass is 16.5. The van der Waals surface area contributed by atoms with Crippen LogP contribution < -0.4 is 5.32 Å². The van der Waals surface area contributed by atoms with Gasteiger partial charge in [0.25, 0.3) is 0 Å². The van der Waals surface area contributed by atoms with E-state index in [0.717, 1.165) is 31.4 Å². The highest BCUT2D eigenvalue weighted by molar-refractivity contribution is 5.75. The second-order valence-electron chi connectivity index (χ2n) is 5.32. The summed E-state index contributed by atoms with van der Waals surface area (Å²) in [7, 11) is 0. The van der Waals surface area contributed by atoms with Gasteiger partial charge >= 0.3 is 0 Å². The standard InChI is InChI=1S/C15H19N5O2/c21-15(6-4-13-2-1-7-22-13)18-9-12-3-5-14(17-8-12)20-11-16-10-19-20/h3,5,8,10-11,13H,1-2,4,6-7,9H2,(H,18,21)/t13-/m1/s1. The average Bonchev–Trinajstić information content (AvgIpc) is 3.24. The van der Waals surface area contributed by atoms with Crippen molar-refractivity contribution in [3.05, 3.63) is 36.5 Å². The van der Waals surface area contributed by atoms with Crippen molar-refractivity contribution in [2.24, 2.45) is 0 Å². The molecule has 0 bridgehead atoms. The lowest BCUT2D eigenvalue weighted by atomic mass is 10.1. The van der Waals surface area contributed by atoms with E-state index < -0.39 is 0 Å². The molecule has 3 heterocycles. The SMILES string of the molecule is O=C(CC[C@H]1CCCO1)NCc1ccc(-n2cncn2)nc1.